The van der Waals surface area contributed by atoms with Crippen LogP contribution in [0.3, 0.4) is 0 Å². The van der Waals surface area contributed by atoms with E-state index >= 15 is 0 Å². The van der Waals surface area contributed by atoms with Gasteiger partial charge in [0, 0.05) is 6.04 Å². The maximum Gasteiger partial charge on any atom is 0.415 e. The Morgan fingerprint density at radius 1 is 1.32 bits per heavy atom. The number of rotatable bonds is 4. The molecule has 5 heteroatoms. The van der Waals surface area contributed by atoms with Crippen molar-refractivity contribution < 1.29 is 9.53 Å². The first-order valence-electron chi connectivity index (χ1n) is 6.53. The lowest BCUT2D eigenvalue weighted by molar-refractivity contribution is 0.140. The lowest BCUT2D eigenvalue weighted by Crippen LogP contribution is -2.45. The van der Waals surface area contributed by atoms with E-state index < -0.39 is 6.09 Å². The number of hydrogen-bond donors (Lipinski definition) is 2. The first-order valence-corrected chi connectivity index (χ1v) is 6.53. The van der Waals surface area contributed by atoms with Gasteiger partial charge in [0.25, 0.3) is 0 Å². The van der Waals surface area contributed by atoms with E-state index in [4.69, 9.17) is 15.9 Å². The fourth-order valence-corrected chi connectivity index (χ4v) is 2.39. The van der Waals surface area contributed by atoms with Crippen LogP contribution in [0.4, 0.5) is 4.79 Å². The minimum absolute atomic E-state index is 0.0167. The summed E-state index contributed by atoms with van der Waals surface area (Å²) in [7, 11) is 0. The van der Waals surface area contributed by atoms with Crippen molar-refractivity contribution in [2.75, 3.05) is 6.54 Å². The number of nitrogens with two attached hydrogens (primary N) is 1. The van der Waals surface area contributed by atoms with Crippen molar-refractivity contribution in [2.45, 2.75) is 31.7 Å². The van der Waals surface area contributed by atoms with Crippen LogP contribution in [0.5, 0.6) is 5.75 Å². The van der Waals surface area contributed by atoms with Gasteiger partial charge in [0.15, 0.2) is 0 Å². The first-order chi connectivity index (χ1) is 9.16. The van der Waals surface area contributed by atoms with Crippen LogP contribution in [-0.2, 0) is 0 Å². The second-order valence-electron chi connectivity index (χ2n) is 4.77. The largest absolute Gasteiger partial charge is 0.415 e. The van der Waals surface area contributed by atoms with Crippen molar-refractivity contribution in [1.82, 2.24) is 4.90 Å². The van der Waals surface area contributed by atoms with E-state index in [1.54, 1.807) is 17.0 Å². The van der Waals surface area contributed by atoms with Crippen molar-refractivity contribution in [3.8, 4) is 5.75 Å². The Morgan fingerprint density at radius 3 is 2.53 bits per heavy atom. The molecule has 102 valence electrons. The smallest absolute Gasteiger partial charge is 0.410 e. The van der Waals surface area contributed by atoms with Gasteiger partial charge in [-0.05, 0) is 25.0 Å². The molecular weight excluding hydrogens is 242 g/mol. The highest BCUT2D eigenvalue weighted by Gasteiger charge is 2.28. The van der Waals surface area contributed by atoms with Gasteiger partial charge >= 0.3 is 6.09 Å². The van der Waals surface area contributed by atoms with Gasteiger partial charge in [-0.25, -0.2) is 4.79 Å². The number of amidine groups is 1. The Hall–Kier alpha value is -2.04. The molecule has 1 saturated carbocycles. The molecule has 0 heterocycles. The van der Waals surface area contributed by atoms with E-state index in [1.807, 2.05) is 18.2 Å². The summed E-state index contributed by atoms with van der Waals surface area (Å²) in [6.45, 7) is 0.135. The van der Waals surface area contributed by atoms with Gasteiger partial charge in [-0.3, -0.25) is 10.3 Å². The Bertz CT molecular complexity index is 441. The molecule has 0 bridgehead atoms. The lowest BCUT2D eigenvalue weighted by Gasteiger charge is -2.27. The molecule has 2 rings (SSSR count). The molecule has 0 saturated heterocycles. The van der Waals surface area contributed by atoms with Gasteiger partial charge in [0.2, 0.25) is 0 Å². The van der Waals surface area contributed by atoms with Gasteiger partial charge in [0.1, 0.15) is 11.6 Å². The molecule has 1 fully saturated rings. The van der Waals surface area contributed by atoms with Gasteiger partial charge in [-0.15, -0.1) is 0 Å². The van der Waals surface area contributed by atoms with Crippen molar-refractivity contribution in [1.29, 1.82) is 5.41 Å². The molecule has 0 aromatic heterocycles. The number of carbonyl (C=O) groups is 1. The molecule has 0 atom stereocenters. The summed E-state index contributed by atoms with van der Waals surface area (Å²) in [6, 6.07) is 9.10. The van der Waals surface area contributed by atoms with Crippen LogP contribution >= 0.6 is 0 Å². The van der Waals surface area contributed by atoms with E-state index in [0.29, 0.717) is 5.75 Å². The molecule has 0 unspecified atom stereocenters. The number of benzene rings is 1. The van der Waals surface area contributed by atoms with Crippen LogP contribution in [0.25, 0.3) is 0 Å². The van der Waals surface area contributed by atoms with Crippen LogP contribution in [0, 0.1) is 5.41 Å². The highest BCUT2D eigenvalue weighted by atomic mass is 16.6. The second-order valence-corrected chi connectivity index (χ2v) is 4.77. The molecular formula is C14H19N3O2. The highest BCUT2D eigenvalue weighted by Crippen LogP contribution is 2.24. The van der Waals surface area contributed by atoms with E-state index in [9.17, 15) is 4.79 Å². The maximum atomic E-state index is 12.2. The molecule has 1 aliphatic carbocycles. The molecule has 19 heavy (non-hydrogen) atoms. The predicted octanol–water partition coefficient (Wildman–Crippen LogP) is 2.37. The third kappa shape index (κ3) is 3.71. The SMILES string of the molecule is N=C(N)CN(C(=O)Oc1ccccc1)C1CCCC1. The van der Waals surface area contributed by atoms with Gasteiger partial charge in [0.05, 0.1) is 6.54 Å². The molecule has 3 N–H and O–H groups in total. The van der Waals surface area contributed by atoms with E-state index in [0.717, 1.165) is 25.7 Å². The second kappa shape index (κ2) is 6.22. The lowest BCUT2D eigenvalue weighted by atomic mass is 10.2. The van der Waals surface area contributed by atoms with Crippen LogP contribution < -0.4 is 10.5 Å². The average molecular weight is 261 g/mol. The molecule has 1 aromatic rings. The van der Waals surface area contributed by atoms with Crippen molar-refractivity contribution >= 4 is 11.9 Å². The molecule has 0 radical (unpaired) electrons. The van der Waals surface area contributed by atoms with Crippen molar-refractivity contribution in [2.24, 2.45) is 5.73 Å². The summed E-state index contributed by atoms with van der Waals surface area (Å²) in [5, 5.41) is 7.39. The predicted molar refractivity (Wildman–Crippen MR) is 73.3 cm³/mol. The zero-order valence-corrected chi connectivity index (χ0v) is 10.8. The molecule has 1 aliphatic rings. The summed E-state index contributed by atoms with van der Waals surface area (Å²) >= 11 is 0. The number of nitrogens with zero attached hydrogens (tertiary/aromatic N) is 1. The highest BCUT2D eigenvalue weighted by molar-refractivity contribution is 5.83. The molecule has 0 spiro atoms. The number of hydrogen-bond acceptors (Lipinski definition) is 3. The summed E-state index contributed by atoms with van der Waals surface area (Å²) in [6.07, 6.45) is 3.71. The third-order valence-electron chi connectivity index (χ3n) is 3.29. The zero-order chi connectivity index (χ0) is 13.7. The number of amides is 1. The van der Waals surface area contributed by atoms with Crippen molar-refractivity contribution in [3.63, 3.8) is 0 Å². The van der Waals surface area contributed by atoms with Crippen LogP contribution in [0.1, 0.15) is 25.7 Å². The molecule has 0 aliphatic heterocycles. The Labute approximate surface area is 112 Å². The maximum absolute atomic E-state index is 12.2. The Kier molecular flexibility index (Phi) is 4.39. The third-order valence-corrected chi connectivity index (χ3v) is 3.29. The summed E-state index contributed by atoms with van der Waals surface area (Å²) in [5.41, 5.74) is 5.43. The Morgan fingerprint density at radius 2 is 1.95 bits per heavy atom. The number of carbonyl (C=O) groups excluding carboxylic acids is 1. The number of para-hydroxylation sites is 1. The van der Waals surface area contributed by atoms with Gasteiger partial charge in [-0.1, -0.05) is 31.0 Å². The minimum atomic E-state index is -0.423. The van der Waals surface area contributed by atoms with Gasteiger partial charge in [-0.2, -0.15) is 0 Å². The molecule has 1 amide bonds. The number of ether oxygens (including phenoxy) is 1. The topological polar surface area (TPSA) is 79.4 Å². The van der Waals surface area contributed by atoms with E-state index in [-0.39, 0.29) is 18.4 Å². The minimum Gasteiger partial charge on any atom is -0.410 e. The van der Waals surface area contributed by atoms with E-state index in [2.05, 4.69) is 0 Å². The monoisotopic (exact) mass is 261 g/mol. The van der Waals surface area contributed by atoms with Crippen LogP contribution in [0.2, 0.25) is 0 Å². The average Bonchev–Trinajstić information content (AvgIpc) is 2.90. The normalized spacial score (nSPS) is 15.2. The summed E-state index contributed by atoms with van der Waals surface area (Å²) < 4.78 is 5.32. The standard InChI is InChI=1S/C14H19N3O2/c15-13(16)10-17(11-6-4-5-7-11)14(18)19-12-8-2-1-3-9-12/h1-3,8-9,11H,4-7,10H2,(H3,15,16). The molecule has 5 nitrogen and oxygen atoms in total. The van der Waals surface area contributed by atoms with E-state index in [1.165, 1.54) is 0 Å². The fourth-order valence-electron chi connectivity index (χ4n) is 2.39. The quantitative estimate of drug-likeness (QED) is 0.645. The summed E-state index contributed by atoms with van der Waals surface area (Å²) in [5.74, 6) is 0.496. The van der Waals surface area contributed by atoms with Crippen molar-refractivity contribution in [3.05, 3.63) is 30.3 Å². The molecule has 1 aromatic carbocycles. The van der Waals surface area contributed by atoms with Crippen LogP contribution in [-0.4, -0.2) is 29.4 Å². The van der Waals surface area contributed by atoms with Crippen LogP contribution in [0.15, 0.2) is 30.3 Å². The first kappa shape index (κ1) is 13.4. The van der Waals surface area contributed by atoms with Gasteiger partial charge < -0.3 is 10.5 Å². The zero-order valence-electron chi connectivity index (χ0n) is 10.8. The number of nitrogens with one attached hydrogen (secondary N) is 1. The fraction of sp³-hybridized carbons (Fsp3) is 0.429. The Balaban J connectivity index is 2.04. The summed E-state index contributed by atoms with van der Waals surface area (Å²) in [4.78, 5) is 13.8.